The standard InChI is InChI=1S/C18H17F2N3O3S/c1-3-21(4-2)15(24)10-22-14-5-6-27-16(14)17(25)23(18(22)26)13-8-11(19)7-12(20)9-13/h5-9H,3-4,10H2,1-2H3. The van der Waals surface area contributed by atoms with Gasteiger partial charge in [-0.3, -0.25) is 14.2 Å². The third kappa shape index (κ3) is 3.42. The number of aromatic nitrogens is 2. The molecule has 2 aromatic heterocycles. The first kappa shape index (κ1) is 19.0. The second kappa shape index (κ2) is 7.43. The summed E-state index contributed by atoms with van der Waals surface area (Å²) in [6.45, 7) is 4.32. The van der Waals surface area contributed by atoms with Crippen molar-refractivity contribution >= 4 is 27.5 Å². The summed E-state index contributed by atoms with van der Waals surface area (Å²) in [6.07, 6.45) is 0. The Bertz CT molecular complexity index is 1110. The lowest BCUT2D eigenvalue weighted by atomic mass is 10.3. The van der Waals surface area contributed by atoms with Crippen molar-refractivity contribution in [3.8, 4) is 5.69 Å². The second-order valence-corrected chi connectivity index (χ2v) is 6.75. The third-order valence-corrected chi connectivity index (χ3v) is 5.16. The molecule has 3 aromatic rings. The molecule has 6 nitrogen and oxygen atoms in total. The molecule has 0 fully saturated rings. The number of nitrogens with zero attached hydrogens (tertiary/aromatic N) is 3. The van der Waals surface area contributed by atoms with Crippen molar-refractivity contribution in [1.82, 2.24) is 14.0 Å². The van der Waals surface area contributed by atoms with Gasteiger partial charge in [0, 0.05) is 19.2 Å². The highest BCUT2D eigenvalue weighted by Gasteiger charge is 2.20. The molecule has 1 aromatic carbocycles. The third-order valence-electron chi connectivity index (χ3n) is 4.27. The van der Waals surface area contributed by atoms with Gasteiger partial charge in [0.15, 0.2) is 0 Å². The number of amides is 1. The molecule has 9 heteroatoms. The van der Waals surface area contributed by atoms with E-state index in [9.17, 15) is 23.2 Å². The number of likely N-dealkylation sites (N-methyl/N-ethyl adjacent to an activating group) is 1. The van der Waals surface area contributed by atoms with Gasteiger partial charge in [0.1, 0.15) is 22.9 Å². The maximum absolute atomic E-state index is 13.6. The average molecular weight is 393 g/mol. The molecule has 0 atom stereocenters. The molecule has 0 aliphatic heterocycles. The number of halogens is 2. The fraction of sp³-hybridized carbons (Fsp3) is 0.278. The fourth-order valence-electron chi connectivity index (χ4n) is 2.95. The number of hydrogen-bond acceptors (Lipinski definition) is 4. The minimum Gasteiger partial charge on any atom is -0.342 e. The second-order valence-electron chi connectivity index (χ2n) is 5.84. The maximum atomic E-state index is 13.6. The predicted molar refractivity (Wildman–Crippen MR) is 99.5 cm³/mol. The summed E-state index contributed by atoms with van der Waals surface area (Å²) in [4.78, 5) is 39.8. The Kier molecular flexibility index (Phi) is 5.22. The largest absolute Gasteiger partial charge is 0.342 e. The summed E-state index contributed by atoms with van der Waals surface area (Å²) in [6, 6.07) is 4.04. The molecule has 0 bridgehead atoms. The van der Waals surface area contributed by atoms with Crippen molar-refractivity contribution in [1.29, 1.82) is 0 Å². The highest BCUT2D eigenvalue weighted by atomic mass is 32.1. The van der Waals surface area contributed by atoms with Gasteiger partial charge in [-0.2, -0.15) is 0 Å². The van der Waals surface area contributed by atoms with Crippen LogP contribution in [-0.4, -0.2) is 33.0 Å². The summed E-state index contributed by atoms with van der Waals surface area (Å²) in [5.41, 5.74) is -1.40. The molecule has 0 saturated heterocycles. The Balaban J connectivity index is 2.26. The minimum atomic E-state index is -0.909. The number of rotatable bonds is 5. The van der Waals surface area contributed by atoms with Gasteiger partial charge in [-0.1, -0.05) is 0 Å². The molecule has 0 aliphatic rings. The Labute approximate surface area is 156 Å². The Morgan fingerprint density at radius 3 is 2.33 bits per heavy atom. The number of benzene rings is 1. The van der Waals surface area contributed by atoms with Gasteiger partial charge < -0.3 is 4.90 Å². The number of carbonyl (C=O) groups excluding carboxylic acids is 1. The molecule has 3 rings (SSSR count). The Morgan fingerprint density at radius 2 is 1.74 bits per heavy atom. The molecular formula is C18H17F2N3O3S. The van der Waals surface area contributed by atoms with Crippen LogP contribution in [0.4, 0.5) is 8.78 Å². The number of hydrogen-bond donors (Lipinski definition) is 0. The first-order chi connectivity index (χ1) is 12.9. The zero-order valence-corrected chi connectivity index (χ0v) is 15.6. The van der Waals surface area contributed by atoms with E-state index in [-0.39, 0.29) is 22.8 Å². The molecule has 0 radical (unpaired) electrons. The molecule has 0 spiro atoms. The van der Waals surface area contributed by atoms with Crippen LogP contribution in [0.15, 0.2) is 39.2 Å². The van der Waals surface area contributed by atoms with Crippen LogP contribution in [0.2, 0.25) is 0 Å². The summed E-state index contributed by atoms with van der Waals surface area (Å²) in [5, 5.41) is 1.63. The molecule has 0 unspecified atom stereocenters. The van der Waals surface area contributed by atoms with Crippen LogP contribution in [0.5, 0.6) is 0 Å². The van der Waals surface area contributed by atoms with E-state index in [2.05, 4.69) is 0 Å². The van der Waals surface area contributed by atoms with Crippen LogP contribution in [-0.2, 0) is 11.3 Å². The number of thiophene rings is 1. The number of fused-ring (bicyclic) bond motifs is 1. The molecular weight excluding hydrogens is 376 g/mol. The molecule has 2 heterocycles. The van der Waals surface area contributed by atoms with Crippen molar-refractivity contribution in [3.63, 3.8) is 0 Å². The van der Waals surface area contributed by atoms with Crippen LogP contribution in [0.3, 0.4) is 0 Å². The van der Waals surface area contributed by atoms with E-state index < -0.39 is 22.9 Å². The van der Waals surface area contributed by atoms with Gasteiger partial charge in [0.25, 0.3) is 5.56 Å². The van der Waals surface area contributed by atoms with Crippen molar-refractivity contribution in [3.05, 3.63) is 62.1 Å². The van der Waals surface area contributed by atoms with E-state index in [0.29, 0.717) is 29.2 Å². The molecule has 142 valence electrons. The summed E-state index contributed by atoms with van der Waals surface area (Å²) in [5.74, 6) is -2.10. The number of carbonyl (C=O) groups is 1. The van der Waals surface area contributed by atoms with Crippen molar-refractivity contribution in [2.45, 2.75) is 20.4 Å². The zero-order valence-electron chi connectivity index (χ0n) is 14.7. The smallest absolute Gasteiger partial charge is 0.336 e. The van der Waals surface area contributed by atoms with Crippen LogP contribution in [0.1, 0.15) is 13.8 Å². The van der Waals surface area contributed by atoms with Gasteiger partial charge in [-0.05, 0) is 37.4 Å². The van der Waals surface area contributed by atoms with Gasteiger partial charge in [0.05, 0.1) is 11.2 Å². The Morgan fingerprint density at radius 1 is 1.11 bits per heavy atom. The van der Waals surface area contributed by atoms with E-state index in [1.54, 1.807) is 16.3 Å². The topological polar surface area (TPSA) is 64.3 Å². The maximum Gasteiger partial charge on any atom is 0.336 e. The van der Waals surface area contributed by atoms with Crippen LogP contribution in [0.25, 0.3) is 15.9 Å². The Hall–Kier alpha value is -2.81. The fourth-order valence-corrected chi connectivity index (χ4v) is 3.77. The zero-order chi connectivity index (χ0) is 19.7. The van der Waals surface area contributed by atoms with Crippen LogP contribution >= 0.6 is 11.3 Å². The summed E-state index contributed by atoms with van der Waals surface area (Å²) < 4.78 is 29.3. The predicted octanol–water partition coefficient (Wildman–Crippen LogP) is 2.36. The minimum absolute atomic E-state index is 0.221. The normalized spacial score (nSPS) is 11.1. The average Bonchev–Trinajstić information content (AvgIpc) is 3.09. The van der Waals surface area contributed by atoms with E-state index in [4.69, 9.17) is 0 Å². The van der Waals surface area contributed by atoms with E-state index >= 15 is 0 Å². The van der Waals surface area contributed by atoms with E-state index in [0.717, 1.165) is 28.0 Å². The lowest BCUT2D eigenvalue weighted by Gasteiger charge is -2.20. The quantitative estimate of drug-likeness (QED) is 0.669. The van der Waals surface area contributed by atoms with E-state index in [1.165, 1.54) is 0 Å². The highest BCUT2D eigenvalue weighted by Crippen LogP contribution is 2.17. The van der Waals surface area contributed by atoms with Gasteiger partial charge >= 0.3 is 5.69 Å². The summed E-state index contributed by atoms with van der Waals surface area (Å²) >= 11 is 1.10. The molecule has 0 saturated carbocycles. The lowest BCUT2D eigenvalue weighted by molar-refractivity contribution is -0.131. The first-order valence-electron chi connectivity index (χ1n) is 8.34. The van der Waals surface area contributed by atoms with Gasteiger partial charge in [0.2, 0.25) is 5.91 Å². The monoisotopic (exact) mass is 393 g/mol. The van der Waals surface area contributed by atoms with Crippen LogP contribution < -0.4 is 11.2 Å². The first-order valence-corrected chi connectivity index (χ1v) is 9.22. The summed E-state index contributed by atoms with van der Waals surface area (Å²) in [7, 11) is 0. The van der Waals surface area contributed by atoms with E-state index in [1.807, 2.05) is 13.8 Å². The van der Waals surface area contributed by atoms with Crippen molar-refractivity contribution < 1.29 is 13.6 Å². The van der Waals surface area contributed by atoms with Gasteiger partial charge in [-0.25, -0.2) is 18.1 Å². The molecule has 0 aliphatic carbocycles. The molecule has 27 heavy (non-hydrogen) atoms. The highest BCUT2D eigenvalue weighted by molar-refractivity contribution is 7.17. The molecule has 0 N–H and O–H groups in total. The van der Waals surface area contributed by atoms with Crippen molar-refractivity contribution in [2.24, 2.45) is 0 Å². The lowest BCUT2D eigenvalue weighted by Crippen LogP contribution is -2.42. The SMILES string of the molecule is CCN(CC)C(=O)Cn1c(=O)n(-c2cc(F)cc(F)c2)c(=O)c2sccc21. The van der Waals surface area contributed by atoms with Gasteiger partial charge in [-0.15, -0.1) is 11.3 Å². The van der Waals surface area contributed by atoms with Crippen LogP contribution in [0, 0.1) is 11.6 Å². The molecule has 1 amide bonds. The van der Waals surface area contributed by atoms with Crippen molar-refractivity contribution in [2.75, 3.05) is 13.1 Å².